The van der Waals surface area contributed by atoms with Crippen molar-refractivity contribution in [2.75, 3.05) is 20.3 Å². The topological polar surface area (TPSA) is 30.5 Å². The summed E-state index contributed by atoms with van der Waals surface area (Å²) in [4.78, 5) is 0. The van der Waals surface area contributed by atoms with Crippen LogP contribution in [0, 0.1) is 0 Å². The van der Waals surface area contributed by atoms with Crippen molar-refractivity contribution in [2.45, 2.75) is 37.5 Å². The van der Waals surface area contributed by atoms with Crippen molar-refractivity contribution in [3.63, 3.8) is 0 Å². The molecule has 0 aromatic rings. The predicted octanol–water partition coefficient (Wildman–Crippen LogP) is 0.891. The third kappa shape index (κ3) is 1.49. The predicted molar refractivity (Wildman–Crippen MR) is 46.0 cm³/mol. The van der Waals surface area contributed by atoms with Crippen LogP contribution in [0.3, 0.4) is 0 Å². The summed E-state index contributed by atoms with van der Waals surface area (Å²) in [5.74, 6) is -0.216. The molecular formula is C9H17NO2. The molecule has 70 valence electrons. The highest BCUT2D eigenvalue weighted by molar-refractivity contribution is 4.85. The van der Waals surface area contributed by atoms with Gasteiger partial charge in [-0.2, -0.15) is 0 Å². The van der Waals surface area contributed by atoms with E-state index in [1.54, 1.807) is 0 Å². The van der Waals surface area contributed by atoms with E-state index in [4.69, 9.17) is 9.47 Å². The molecule has 0 radical (unpaired) electrons. The molecule has 0 aromatic carbocycles. The number of nitrogens with one attached hydrogen (secondary N) is 1. The molecule has 3 heteroatoms. The van der Waals surface area contributed by atoms with Crippen LogP contribution in [0.25, 0.3) is 0 Å². The summed E-state index contributed by atoms with van der Waals surface area (Å²) in [5.41, 5.74) is 0. The van der Waals surface area contributed by atoms with Gasteiger partial charge in [0.1, 0.15) is 0 Å². The van der Waals surface area contributed by atoms with Crippen molar-refractivity contribution in [1.29, 1.82) is 0 Å². The van der Waals surface area contributed by atoms with Crippen LogP contribution in [0.2, 0.25) is 0 Å². The Morgan fingerprint density at radius 1 is 1.33 bits per heavy atom. The maximum Gasteiger partial charge on any atom is 0.169 e. The number of ether oxygens (including phenoxy) is 2. The van der Waals surface area contributed by atoms with E-state index in [9.17, 15) is 0 Å². The zero-order valence-electron chi connectivity index (χ0n) is 7.64. The van der Waals surface area contributed by atoms with E-state index in [-0.39, 0.29) is 5.79 Å². The highest BCUT2D eigenvalue weighted by Gasteiger charge is 2.40. The maximum atomic E-state index is 5.65. The summed E-state index contributed by atoms with van der Waals surface area (Å²) < 4.78 is 11.3. The average Bonchev–Trinajstić information content (AvgIpc) is 2.53. The second-order valence-electron chi connectivity index (χ2n) is 3.69. The monoisotopic (exact) mass is 171 g/mol. The van der Waals surface area contributed by atoms with Crippen molar-refractivity contribution in [3.8, 4) is 0 Å². The lowest BCUT2D eigenvalue weighted by Gasteiger charge is -2.35. The molecule has 1 aliphatic carbocycles. The van der Waals surface area contributed by atoms with E-state index < -0.39 is 0 Å². The molecular weight excluding hydrogens is 154 g/mol. The Kier molecular flexibility index (Phi) is 2.35. The van der Waals surface area contributed by atoms with E-state index in [0.29, 0.717) is 6.04 Å². The molecule has 0 bridgehead atoms. The lowest BCUT2D eigenvalue weighted by Crippen LogP contribution is -2.43. The molecule has 0 amide bonds. The Morgan fingerprint density at radius 2 is 2.08 bits per heavy atom. The lowest BCUT2D eigenvalue weighted by atomic mass is 9.90. The third-order valence-corrected chi connectivity index (χ3v) is 2.89. The Balaban J connectivity index is 1.97. The molecule has 1 saturated carbocycles. The molecule has 1 spiro atoms. The lowest BCUT2D eigenvalue weighted by molar-refractivity contribution is -0.181. The van der Waals surface area contributed by atoms with Crippen LogP contribution >= 0.6 is 0 Å². The first-order valence-electron chi connectivity index (χ1n) is 4.80. The van der Waals surface area contributed by atoms with Crippen molar-refractivity contribution >= 4 is 0 Å². The molecule has 3 nitrogen and oxygen atoms in total. The van der Waals surface area contributed by atoms with Gasteiger partial charge in [0.15, 0.2) is 5.79 Å². The summed E-state index contributed by atoms with van der Waals surface area (Å²) in [7, 11) is 2.01. The Bertz CT molecular complexity index is 155. The largest absolute Gasteiger partial charge is 0.347 e. The summed E-state index contributed by atoms with van der Waals surface area (Å²) in [6.07, 6.45) is 4.56. The van der Waals surface area contributed by atoms with Gasteiger partial charge in [0.2, 0.25) is 0 Å². The van der Waals surface area contributed by atoms with Crippen LogP contribution in [-0.4, -0.2) is 32.1 Å². The van der Waals surface area contributed by atoms with Crippen molar-refractivity contribution in [3.05, 3.63) is 0 Å². The van der Waals surface area contributed by atoms with Gasteiger partial charge in [-0.25, -0.2) is 0 Å². The minimum absolute atomic E-state index is 0.216. The highest BCUT2D eigenvalue weighted by atomic mass is 16.7. The molecule has 2 fully saturated rings. The van der Waals surface area contributed by atoms with E-state index in [1.165, 1.54) is 12.8 Å². The van der Waals surface area contributed by atoms with Gasteiger partial charge >= 0.3 is 0 Å². The number of hydrogen-bond acceptors (Lipinski definition) is 3. The molecule has 1 saturated heterocycles. The zero-order valence-corrected chi connectivity index (χ0v) is 7.64. The normalized spacial score (nSPS) is 34.2. The summed E-state index contributed by atoms with van der Waals surface area (Å²) >= 11 is 0. The quantitative estimate of drug-likeness (QED) is 0.635. The average molecular weight is 171 g/mol. The molecule has 2 aliphatic rings. The highest BCUT2D eigenvalue weighted by Crippen LogP contribution is 2.35. The zero-order chi connectivity index (χ0) is 8.44. The number of rotatable bonds is 1. The summed E-state index contributed by atoms with van der Waals surface area (Å²) in [5, 5.41) is 3.30. The molecule has 12 heavy (non-hydrogen) atoms. The maximum absolute atomic E-state index is 5.65. The molecule has 1 atom stereocenters. The van der Waals surface area contributed by atoms with Crippen LogP contribution in [0.1, 0.15) is 25.7 Å². The Labute approximate surface area is 73.4 Å². The first kappa shape index (κ1) is 8.48. The van der Waals surface area contributed by atoms with Crippen LogP contribution in [0.5, 0.6) is 0 Å². The molecule has 2 rings (SSSR count). The fourth-order valence-electron chi connectivity index (χ4n) is 2.20. The molecule has 0 aromatic heterocycles. The van der Waals surface area contributed by atoms with E-state index in [2.05, 4.69) is 5.32 Å². The van der Waals surface area contributed by atoms with Gasteiger partial charge in [-0.3, -0.25) is 0 Å². The fraction of sp³-hybridized carbons (Fsp3) is 1.00. The van der Waals surface area contributed by atoms with Crippen LogP contribution in [0.15, 0.2) is 0 Å². The van der Waals surface area contributed by atoms with Gasteiger partial charge in [0.25, 0.3) is 0 Å². The van der Waals surface area contributed by atoms with Gasteiger partial charge in [0.05, 0.1) is 13.2 Å². The Morgan fingerprint density at radius 3 is 2.75 bits per heavy atom. The summed E-state index contributed by atoms with van der Waals surface area (Å²) in [6, 6.07) is 0.580. The van der Waals surface area contributed by atoms with Gasteiger partial charge in [-0.1, -0.05) is 0 Å². The second kappa shape index (κ2) is 3.32. The Hall–Kier alpha value is -0.120. The van der Waals surface area contributed by atoms with Crippen LogP contribution in [0.4, 0.5) is 0 Å². The fourth-order valence-corrected chi connectivity index (χ4v) is 2.20. The first-order chi connectivity index (χ1) is 5.85. The SMILES string of the molecule is CNC1CCCC2(C1)OCCO2. The smallest absolute Gasteiger partial charge is 0.169 e. The molecule has 1 N–H and O–H groups in total. The van der Waals surface area contributed by atoms with E-state index in [0.717, 1.165) is 26.1 Å². The second-order valence-corrected chi connectivity index (χ2v) is 3.69. The van der Waals surface area contributed by atoms with Gasteiger partial charge < -0.3 is 14.8 Å². The standard InChI is InChI=1S/C9H17NO2/c1-10-8-3-2-4-9(7-8)11-5-6-12-9/h8,10H,2-7H2,1H3. The van der Waals surface area contributed by atoms with Crippen molar-refractivity contribution in [2.24, 2.45) is 0 Å². The molecule has 1 aliphatic heterocycles. The van der Waals surface area contributed by atoms with Crippen LogP contribution in [-0.2, 0) is 9.47 Å². The van der Waals surface area contributed by atoms with Gasteiger partial charge in [-0.05, 0) is 19.9 Å². The van der Waals surface area contributed by atoms with Gasteiger partial charge in [0, 0.05) is 18.9 Å². The van der Waals surface area contributed by atoms with E-state index >= 15 is 0 Å². The first-order valence-corrected chi connectivity index (χ1v) is 4.80. The van der Waals surface area contributed by atoms with E-state index in [1.807, 2.05) is 7.05 Å². The minimum atomic E-state index is -0.216. The number of hydrogen-bond donors (Lipinski definition) is 1. The molecule has 1 heterocycles. The molecule has 1 unspecified atom stereocenters. The van der Waals surface area contributed by atoms with Gasteiger partial charge in [-0.15, -0.1) is 0 Å². The van der Waals surface area contributed by atoms with Crippen LogP contribution < -0.4 is 5.32 Å². The van der Waals surface area contributed by atoms with Crippen molar-refractivity contribution in [1.82, 2.24) is 5.32 Å². The summed E-state index contributed by atoms with van der Waals surface area (Å²) in [6.45, 7) is 1.55. The third-order valence-electron chi connectivity index (χ3n) is 2.89. The van der Waals surface area contributed by atoms with Crippen molar-refractivity contribution < 1.29 is 9.47 Å². The minimum Gasteiger partial charge on any atom is -0.347 e.